The Morgan fingerprint density at radius 1 is 1.23 bits per heavy atom. The van der Waals surface area contributed by atoms with Crippen LogP contribution in [0.1, 0.15) is 11.5 Å². The third-order valence-electron chi connectivity index (χ3n) is 3.37. The second-order valence-corrected chi connectivity index (χ2v) is 4.91. The summed E-state index contributed by atoms with van der Waals surface area (Å²) in [7, 11) is 0. The second-order valence-electron chi connectivity index (χ2n) is 4.91. The van der Waals surface area contributed by atoms with Gasteiger partial charge in [-0.2, -0.15) is 0 Å². The van der Waals surface area contributed by atoms with Gasteiger partial charge in [0.2, 0.25) is 5.88 Å². The molecule has 8 nitrogen and oxygen atoms in total. The molecular formula is C14H14N4O4. The number of aliphatic carboxylic acids is 1. The van der Waals surface area contributed by atoms with Gasteiger partial charge in [0.05, 0.1) is 16.7 Å². The van der Waals surface area contributed by atoms with E-state index in [2.05, 4.69) is 15.0 Å². The molecule has 114 valence electrons. The number of rotatable bonds is 5. The first-order valence-electron chi connectivity index (χ1n) is 6.70. The molecule has 0 aliphatic rings. The van der Waals surface area contributed by atoms with Crippen LogP contribution in [0.2, 0.25) is 0 Å². The minimum absolute atomic E-state index is 0.298. The number of aromatic nitrogens is 4. The normalized spacial score (nSPS) is 11.1. The lowest BCUT2D eigenvalue weighted by Gasteiger charge is -2.00. The maximum atomic E-state index is 11.6. The predicted molar refractivity (Wildman–Crippen MR) is 77.9 cm³/mol. The van der Waals surface area contributed by atoms with Crippen LogP contribution in [-0.4, -0.2) is 35.7 Å². The molecule has 0 spiro atoms. The van der Waals surface area contributed by atoms with Crippen LogP contribution >= 0.6 is 0 Å². The number of hydrogen-bond acceptors (Lipinski definition) is 4. The molecule has 2 aromatic heterocycles. The zero-order chi connectivity index (χ0) is 15.7. The number of carboxylic acids is 1. The van der Waals surface area contributed by atoms with Crippen LogP contribution in [0.4, 0.5) is 0 Å². The number of imidazole rings is 2. The number of H-pyrrole nitrogens is 2. The number of hydrogen-bond donors (Lipinski definition) is 4. The van der Waals surface area contributed by atoms with Crippen molar-refractivity contribution in [2.24, 2.45) is 0 Å². The number of aromatic amines is 2. The summed E-state index contributed by atoms with van der Waals surface area (Å²) < 4.78 is 0.788. The van der Waals surface area contributed by atoms with Gasteiger partial charge in [0.25, 0.3) is 0 Å². The van der Waals surface area contributed by atoms with Crippen LogP contribution in [-0.2, 0) is 24.2 Å². The van der Waals surface area contributed by atoms with Crippen molar-refractivity contribution < 1.29 is 15.0 Å². The number of fused-ring (bicyclic) bond motifs is 1. The fraction of sp³-hybridized carbons (Fsp3) is 0.214. The minimum atomic E-state index is -1.19. The summed E-state index contributed by atoms with van der Waals surface area (Å²) in [5.74, 6) is -0.809. The first-order chi connectivity index (χ1) is 10.5. The van der Waals surface area contributed by atoms with Crippen molar-refractivity contribution in [2.45, 2.75) is 19.4 Å². The highest BCUT2D eigenvalue weighted by atomic mass is 16.4. The Morgan fingerprint density at radius 2 is 2.00 bits per heavy atom. The molecule has 0 aliphatic heterocycles. The molecular weight excluding hydrogens is 288 g/mol. The Bertz CT molecular complexity index is 857. The van der Waals surface area contributed by atoms with Crippen molar-refractivity contribution >= 4 is 17.0 Å². The fourth-order valence-corrected chi connectivity index (χ4v) is 2.34. The molecule has 0 unspecified atom stereocenters. The van der Waals surface area contributed by atoms with E-state index in [9.17, 15) is 14.7 Å². The predicted octanol–water partition coefficient (Wildman–Crippen LogP) is 0.628. The maximum absolute atomic E-state index is 11.6. The van der Waals surface area contributed by atoms with Crippen molar-refractivity contribution in [3.05, 3.63) is 46.3 Å². The van der Waals surface area contributed by atoms with Gasteiger partial charge < -0.3 is 20.2 Å². The Kier molecular flexibility index (Phi) is 3.42. The first-order valence-corrected chi connectivity index (χ1v) is 6.70. The lowest BCUT2D eigenvalue weighted by Crippen LogP contribution is -2.21. The van der Waals surface area contributed by atoms with Gasteiger partial charge in [-0.1, -0.05) is 12.1 Å². The average molecular weight is 302 g/mol. The fourth-order valence-electron chi connectivity index (χ4n) is 2.34. The lowest BCUT2D eigenvalue weighted by atomic mass is 10.2. The molecule has 0 saturated heterocycles. The monoisotopic (exact) mass is 302 g/mol. The number of aryl methyl sites for hydroxylation is 2. The summed E-state index contributed by atoms with van der Waals surface area (Å²) in [5.41, 5.74) is 1.42. The van der Waals surface area contributed by atoms with E-state index in [1.807, 2.05) is 24.3 Å². The van der Waals surface area contributed by atoms with Crippen LogP contribution < -0.4 is 5.69 Å². The zero-order valence-corrected chi connectivity index (χ0v) is 11.5. The largest absolute Gasteiger partial charge is 0.493 e. The molecule has 0 amide bonds. The van der Waals surface area contributed by atoms with Crippen molar-refractivity contribution in [3.63, 3.8) is 0 Å². The number of carbonyl (C=O) groups is 1. The Hall–Kier alpha value is -3.03. The summed E-state index contributed by atoms with van der Waals surface area (Å²) >= 11 is 0. The van der Waals surface area contributed by atoms with Crippen LogP contribution in [0.5, 0.6) is 5.88 Å². The van der Waals surface area contributed by atoms with Gasteiger partial charge in [-0.15, -0.1) is 0 Å². The summed E-state index contributed by atoms with van der Waals surface area (Å²) in [6, 6.07) is 7.59. The van der Waals surface area contributed by atoms with E-state index in [0.717, 1.165) is 21.4 Å². The quantitative estimate of drug-likeness (QED) is 0.550. The smallest absolute Gasteiger partial charge is 0.329 e. The van der Waals surface area contributed by atoms with Gasteiger partial charge in [0.1, 0.15) is 12.4 Å². The van der Waals surface area contributed by atoms with E-state index in [-0.39, 0.29) is 5.88 Å². The maximum Gasteiger partial charge on any atom is 0.329 e. The standard InChI is InChI=1S/C14H14N4O4/c19-12(20)7-18-13(21)10(17-14(18)22)5-6-11-15-8-3-1-2-4-9(8)16-11/h1-4,21H,5-7H2,(H,15,16)(H,17,22)(H,19,20). The molecule has 0 fully saturated rings. The highest BCUT2D eigenvalue weighted by molar-refractivity contribution is 5.74. The van der Waals surface area contributed by atoms with Gasteiger partial charge in [0.15, 0.2) is 0 Å². The SMILES string of the molecule is O=C(O)Cn1c(O)c(CCc2nc3ccccc3[nH]2)[nH]c1=O. The van der Waals surface area contributed by atoms with Crippen LogP contribution in [0.15, 0.2) is 29.1 Å². The number of aromatic hydroxyl groups is 1. The van der Waals surface area contributed by atoms with Crippen LogP contribution in [0.3, 0.4) is 0 Å². The van der Waals surface area contributed by atoms with E-state index in [4.69, 9.17) is 5.11 Å². The van der Waals surface area contributed by atoms with E-state index in [0.29, 0.717) is 18.5 Å². The number of nitrogens with one attached hydrogen (secondary N) is 2. The highest BCUT2D eigenvalue weighted by Crippen LogP contribution is 2.16. The van der Waals surface area contributed by atoms with E-state index in [1.165, 1.54) is 0 Å². The minimum Gasteiger partial charge on any atom is -0.493 e. The molecule has 3 rings (SSSR count). The summed E-state index contributed by atoms with van der Waals surface area (Å²) in [4.78, 5) is 32.3. The van der Waals surface area contributed by atoms with Crippen molar-refractivity contribution in [2.75, 3.05) is 0 Å². The molecule has 0 saturated carbocycles. The Labute approximate surface area is 124 Å². The highest BCUT2D eigenvalue weighted by Gasteiger charge is 2.15. The summed E-state index contributed by atoms with van der Waals surface area (Å²) in [5, 5.41) is 18.6. The zero-order valence-electron chi connectivity index (χ0n) is 11.5. The van der Waals surface area contributed by atoms with Crippen LogP contribution in [0, 0.1) is 0 Å². The molecule has 0 radical (unpaired) electrons. The molecule has 1 aromatic carbocycles. The topological polar surface area (TPSA) is 124 Å². The van der Waals surface area contributed by atoms with Crippen LogP contribution in [0.25, 0.3) is 11.0 Å². The summed E-state index contributed by atoms with van der Waals surface area (Å²) in [6.45, 7) is -0.578. The second kappa shape index (κ2) is 5.40. The Balaban J connectivity index is 1.79. The third kappa shape index (κ3) is 2.58. The number of carboxylic acid groups (broad SMARTS) is 1. The van der Waals surface area contributed by atoms with Crippen molar-refractivity contribution in [1.82, 2.24) is 19.5 Å². The molecule has 0 atom stereocenters. The number of benzene rings is 1. The third-order valence-corrected chi connectivity index (χ3v) is 3.37. The molecule has 4 N–H and O–H groups in total. The molecule has 22 heavy (non-hydrogen) atoms. The molecule has 8 heteroatoms. The Morgan fingerprint density at radius 3 is 2.73 bits per heavy atom. The first kappa shape index (κ1) is 13.9. The average Bonchev–Trinajstić information content (AvgIpc) is 3.00. The van der Waals surface area contributed by atoms with Gasteiger partial charge in [-0.3, -0.25) is 9.36 Å². The van der Waals surface area contributed by atoms with E-state index < -0.39 is 18.2 Å². The van der Waals surface area contributed by atoms with Gasteiger partial charge in [0, 0.05) is 6.42 Å². The van der Waals surface area contributed by atoms with Gasteiger partial charge >= 0.3 is 11.7 Å². The number of para-hydroxylation sites is 2. The number of nitrogens with zero attached hydrogens (tertiary/aromatic N) is 2. The molecule has 0 aliphatic carbocycles. The van der Waals surface area contributed by atoms with Gasteiger partial charge in [-0.05, 0) is 18.6 Å². The molecule has 0 bridgehead atoms. The van der Waals surface area contributed by atoms with Crippen molar-refractivity contribution in [1.29, 1.82) is 0 Å². The van der Waals surface area contributed by atoms with E-state index >= 15 is 0 Å². The van der Waals surface area contributed by atoms with Crippen molar-refractivity contribution in [3.8, 4) is 5.88 Å². The van der Waals surface area contributed by atoms with E-state index in [1.54, 1.807) is 0 Å². The molecule has 3 aromatic rings. The lowest BCUT2D eigenvalue weighted by molar-refractivity contribution is -0.137. The molecule has 2 heterocycles. The summed E-state index contributed by atoms with van der Waals surface area (Å²) in [6.07, 6.45) is 0.822. The van der Waals surface area contributed by atoms with Gasteiger partial charge in [-0.25, -0.2) is 9.78 Å².